The van der Waals surface area contributed by atoms with E-state index in [0.29, 0.717) is 37.9 Å². The molecule has 1 aliphatic heterocycles. The van der Waals surface area contributed by atoms with E-state index in [1.807, 2.05) is 67.5 Å². The van der Waals surface area contributed by atoms with Gasteiger partial charge in [0.15, 0.2) is 11.6 Å². The Morgan fingerprint density at radius 3 is 2.91 bits per heavy atom. The number of hydrazine groups is 1. The molecule has 44 heavy (non-hydrogen) atoms. The predicted molar refractivity (Wildman–Crippen MR) is 175 cm³/mol. The van der Waals surface area contributed by atoms with Crippen molar-refractivity contribution in [1.29, 1.82) is 0 Å². The Hall–Kier alpha value is -4.61. The monoisotopic (exact) mass is 600 g/mol. The molecule has 0 amide bonds. The van der Waals surface area contributed by atoms with Crippen LogP contribution in [0.4, 0.5) is 21.8 Å². The third-order valence-electron chi connectivity index (χ3n) is 7.52. The number of phenolic OH excluding ortho intramolecular Hbond substituents is 1. The van der Waals surface area contributed by atoms with Gasteiger partial charge >= 0.3 is 0 Å². The molecule has 3 heterocycles. The number of allylic oxidation sites excluding steroid dienone is 5. The molecule has 0 bridgehead atoms. The van der Waals surface area contributed by atoms with Gasteiger partial charge in [-0.05, 0) is 61.2 Å². The van der Waals surface area contributed by atoms with Crippen LogP contribution in [0.5, 0.6) is 5.75 Å². The standard InChI is InChI=1S/C33H41FN8O2/c1-5-9-25(26-10-7-12-29(43)18-26)11-8-15-36-31-14-13-28(39-24(31)4)19-38-42(35)33-37-20-30(34)32(40-33)41-16-17-44-22-27(21-41)23(3)6-2/h5,7-15,18-20,23,27,36,43H,6,16-17,21-22,35H2,1-4H3/b9-5-,15-8+,25-11+,38-19+. The van der Waals surface area contributed by atoms with Crippen molar-refractivity contribution in [2.75, 3.05) is 41.6 Å². The summed E-state index contributed by atoms with van der Waals surface area (Å²) in [7, 11) is 0. The van der Waals surface area contributed by atoms with Crippen molar-refractivity contribution in [2.24, 2.45) is 22.8 Å². The zero-order valence-electron chi connectivity index (χ0n) is 25.7. The van der Waals surface area contributed by atoms with Gasteiger partial charge < -0.3 is 20.1 Å². The summed E-state index contributed by atoms with van der Waals surface area (Å²) in [4.78, 5) is 14.9. The molecule has 2 atom stereocenters. The zero-order valence-corrected chi connectivity index (χ0v) is 25.7. The third-order valence-corrected chi connectivity index (χ3v) is 7.52. The number of nitrogens with one attached hydrogen (secondary N) is 1. The number of rotatable bonds is 11. The molecule has 1 saturated heterocycles. The molecule has 1 aromatic carbocycles. The largest absolute Gasteiger partial charge is 0.508 e. The lowest BCUT2D eigenvalue weighted by atomic mass is 9.92. The molecule has 0 saturated carbocycles. The van der Waals surface area contributed by atoms with E-state index in [4.69, 9.17) is 10.6 Å². The van der Waals surface area contributed by atoms with Crippen molar-refractivity contribution in [3.8, 4) is 5.75 Å². The zero-order chi connectivity index (χ0) is 31.5. The van der Waals surface area contributed by atoms with E-state index < -0.39 is 5.82 Å². The van der Waals surface area contributed by atoms with Gasteiger partial charge in [-0.2, -0.15) is 15.2 Å². The van der Waals surface area contributed by atoms with E-state index >= 15 is 0 Å². The third kappa shape index (κ3) is 8.71. The fourth-order valence-electron chi connectivity index (χ4n) is 4.77. The van der Waals surface area contributed by atoms with Crippen LogP contribution in [-0.2, 0) is 4.74 Å². The molecule has 1 fully saturated rings. The van der Waals surface area contributed by atoms with E-state index in [0.717, 1.165) is 40.3 Å². The van der Waals surface area contributed by atoms with Crippen LogP contribution < -0.4 is 21.2 Å². The van der Waals surface area contributed by atoms with Crippen molar-refractivity contribution in [1.82, 2.24) is 15.0 Å². The molecule has 232 valence electrons. The van der Waals surface area contributed by atoms with Gasteiger partial charge in [0.1, 0.15) is 5.75 Å². The first-order valence-corrected chi connectivity index (χ1v) is 14.8. The molecule has 0 aliphatic carbocycles. The predicted octanol–water partition coefficient (Wildman–Crippen LogP) is 5.82. The molecule has 10 nitrogen and oxygen atoms in total. The summed E-state index contributed by atoms with van der Waals surface area (Å²) in [6.45, 7) is 10.5. The summed E-state index contributed by atoms with van der Waals surface area (Å²) in [5.41, 5.74) is 4.03. The second kappa shape index (κ2) is 15.7. The van der Waals surface area contributed by atoms with Crippen molar-refractivity contribution < 1.29 is 14.2 Å². The van der Waals surface area contributed by atoms with Crippen molar-refractivity contribution >= 4 is 29.2 Å². The van der Waals surface area contributed by atoms with Gasteiger partial charge in [0.25, 0.3) is 5.95 Å². The Labute approximate surface area is 258 Å². The molecule has 0 radical (unpaired) electrons. The summed E-state index contributed by atoms with van der Waals surface area (Å²) in [6, 6.07) is 10.8. The summed E-state index contributed by atoms with van der Waals surface area (Å²) in [6.07, 6.45) is 13.2. The van der Waals surface area contributed by atoms with Gasteiger partial charge in [-0.25, -0.2) is 20.2 Å². The minimum Gasteiger partial charge on any atom is -0.508 e. The van der Waals surface area contributed by atoms with Crippen LogP contribution in [0.15, 0.2) is 78.2 Å². The first-order valence-electron chi connectivity index (χ1n) is 14.8. The maximum Gasteiger partial charge on any atom is 0.263 e. The molecule has 2 aromatic heterocycles. The van der Waals surface area contributed by atoms with Crippen molar-refractivity contribution in [2.45, 2.75) is 34.1 Å². The van der Waals surface area contributed by atoms with E-state index in [-0.39, 0.29) is 23.4 Å². The second-order valence-corrected chi connectivity index (χ2v) is 10.6. The fraction of sp³-hybridized carbons (Fsp3) is 0.333. The number of hydrogen-bond donors (Lipinski definition) is 3. The van der Waals surface area contributed by atoms with Crippen LogP contribution in [-0.4, -0.2) is 52.6 Å². The summed E-state index contributed by atoms with van der Waals surface area (Å²) >= 11 is 0. The number of aromatic hydroxyl groups is 1. The Balaban J connectivity index is 1.41. The Morgan fingerprint density at radius 2 is 2.16 bits per heavy atom. The number of halogens is 1. The molecule has 4 rings (SSSR count). The average Bonchev–Trinajstić information content (AvgIpc) is 3.28. The molecular formula is C33H41FN8O2. The Kier molecular flexibility index (Phi) is 11.6. The van der Waals surface area contributed by atoms with Gasteiger partial charge in [-0.3, -0.25) is 0 Å². The SMILES string of the molecule is C\C=C/C(=C\C=C\Nc1ccc(/C=N/N(N)c2ncc(F)c(N3CCOCC(C(C)CC)C3)n2)nc1C)c1cccc(O)c1. The molecule has 3 aromatic rings. The molecule has 0 spiro atoms. The molecule has 2 unspecified atom stereocenters. The first kappa shape index (κ1) is 32.3. The van der Waals surface area contributed by atoms with Crippen LogP contribution in [0.3, 0.4) is 0 Å². The molecular weight excluding hydrogens is 559 g/mol. The van der Waals surface area contributed by atoms with Gasteiger partial charge in [0.2, 0.25) is 0 Å². The van der Waals surface area contributed by atoms with Crippen molar-refractivity contribution in [3.63, 3.8) is 0 Å². The number of aryl methyl sites for hydroxylation is 1. The highest BCUT2D eigenvalue weighted by molar-refractivity contribution is 5.78. The minimum absolute atomic E-state index is 0.0686. The Morgan fingerprint density at radius 1 is 1.32 bits per heavy atom. The van der Waals surface area contributed by atoms with Gasteiger partial charge in [0.05, 0.1) is 42.7 Å². The normalized spacial score (nSPS) is 17.0. The summed E-state index contributed by atoms with van der Waals surface area (Å²) in [5.74, 6) is 6.80. The number of nitrogens with two attached hydrogens (primary N) is 1. The second-order valence-electron chi connectivity index (χ2n) is 10.6. The molecule has 11 heteroatoms. The lowest BCUT2D eigenvalue weighted by Crippen LogP contribution is -2.35. The van der Waals surface area contributed by atoms with E-state index in [1.165, 1.54) is 6.21 Å². The summed E-state index contributed by atoms with van der Waals surface area (Å²) in [5, 5.41) is 18.3. The number of pyridine rings is 1. The number of hydrogen-bond acceptors (Lipinski definition) is 10. The highest BCUT2D eigenvalue weighted by Gasteiger charge is 2.26. The number of hydrazone groups is 1. The number of anilines is 3. The van der Waals surface area contributed by atoms with Gasteiger partial charge in [0, 0.05) is 25.2 Å². The number of phenols is 1. The van der Waals surface area contributed by atoms with Gasteiger partial charge in [-0.1, -0.05) is 50.6 Å². The van der Waals surface area contributed by atoms with Gasteiger partial charge in [-0.15, -0.1) is 0 Å². The van der Waals surface area contributed by atoms with Crippen molar-refractivity contribution in [3.05, 3.63) is 95.9 Å². The highest BCUT2D eigenvalue weighted by atomic mass is 19.1. The number of nitrogens with zero attached hydrogens (tertiary/aromatic N) is 6. The maximum atomic E-state index is 14.8. The number of aromatic nitrogens is 3. The van der Waals surface area contributed by atoms with E-state index in [1.54, 1.807) is 18.2 Å². The summed E-state index contributed by atoms with van der Waals surface area (Å²) < 4.78 is 20.6. The lowest BCUT2D eigenvalue weighted by molar-refractivity contribution is 0.104. The number of ether oxygens (including phenoxy) is 1. The molecule has 4 N–H and O–H groups in total. The highest BCUT2D eigenvalue weighted by Crippen LogP contribution is 2.25. The Bertz CT molecular complexity index is 1520. The maximum absolute atomic E-state index is 14.8. The van der Waals surface area contributed by atoms with Crippen LogP contribution in [0.2, 0.25) is 0 Å². The van der Waals surface area contributed by atoms with Crippen LogP contribution in [0, 0.1) is 24.6 Å². The first-order chi connectivity index (χ1) is 21.3. The smallest absolute Gasteiger partial charge is 0.263 e. The van der Waals surface area contributed by atoms with E-state index in [9.17, 15) is 9.50 Å². The minimum atomic E-state index is -0.515. The van der Waals surface area contributed by atoms with Crippen LogP contribution in [0.25, 0.3) is 5.57 Å². The molecule has 1 aliphatic rings. The topological polar surface area (TPSA) is 125 Å². The quantitative estimate of drug-likeness (QED) is 0.108. The van der Waals surface area contributed by atoms with Crippen LogP contribution >= 0.6 is 0 Å². The fourth-order valence-corrected chi connectivity index (χ4v) is 4.77. The number of benzene rings is 1. The van der Waals surface area contributed by atoms with E-state index in [2.05, 4.69) is 39.2 Å². The average molecular weight is 601 g/mol. The lowest BCUT2D eigenvalue weighted by Gasteiger charge is -2.28. The van der Waals surface area contributed by atoms with Crippen LogP contribution in [0.1, 0.15) is 44.1 Å².